The summed E-state index contributed by atoms with van der Waals surface area (Å²) >= 11 is 0. The largest absolute Gasteiger partial charge is 0.380 e. The molecular formula is C10H20O2. The first-order valence-corrected chi connectivity index (χ1v) is 4.84. The minimum Gasteiger partial charge on any atom is -0.380 e. The van der Waals surface area contributed by atoms with Crippen LogP contribution in [0.1, 0.15) is 27.2 Å². The van der Waals surface area contributed by atoms with Gasteiger partial charge < -0.3 is 9.47 Å². The summed E-state index contributed by atoms with van der Waals surface area (Å²) in [6, 6.07) is 0. The Balaban J connectivity index is 2.12. The SMILES string of the molecule is CCC1(COCC(C)C)COC1. The van der Waals surface area contributed by atoms with Crippen LogP contribution >= 0.6 is 0 Å². The quantitative estimate of drug-likeness (QED) is 0.632. The molecule has 1 fully saturated rings. The molecular weight excluding hydrogens is 152 g/mol. The van der Waals surface area contributed by atoms with E-state index < -0.39 is 0 Å². The Morgan fingerprint density at radius 2 is 2.08 bits per heavy atom. The lowest BCUT2D eigenvalue weighted by molar-refractivity contribution is -0.152. The van der Waals surface area contributed by atoms with Gasteiger partial charge in [0.05, 0.1) is 19.8 Å². The Labute approximate surface area is 75.2 Å². The first-order valence-electron chi connectivity index (χ1n) is 4.84. The van der Waals surface area contributed by atoms with Crippen LogP contribution < -0.4 is 0 Å². The fraction of sp³-hybridized carbons (Fsp3) is 1.00. The minimum atomic E-state index is 0.356. The zero-order chi connectivity index (χ0) is 9.03. The van der Waals surface area contributed by atoms with Gasteiger partial charge in [-0.25, -0.2) is 0 Å². The normalized spacial score (nSPS) is 21.0. The van der Waals surface area contributed by atoms with Gasteiger partial charge in [-0.1, -0.05) is 20.8 Å². The molecule has 0 aliphatic carbocycles. The van der Waals surface area contributed by atoms with Gasteiger partial charge in [-0.05, 0) is 12.3 Å². The molecule has 0 N–H and O–H groups in total. The zero-order valence-electron chi connectivity index (χ0n) is 8.43. The Hall–Kier alpha value is -0.0800. The van der Waals surface area contributed by atoms with Gasteiger partial charge in [-0.2, -0.15) is 0 Å². The van der Waals surface area contributed by atoms with Crippen LogP contribution in [0, 0.1) is 11.3 Å². The molecule has 0 radical (unpaired) electrons. The monoisotopic (exact) mass is 172 g/mol. The van der Waals surface area contributed by atoms with Crippen molar-refractivity contribution in [2.45, 2.75) is 27.2 Å². The van der Waals surface area contributed by atoms with Crippen LogP contribution in [0.2, 0.25) is 0 Å². The molecule has 0 saturated carbocycles. The van der Waals surface area contributed by atoms with Crippen LogP contribution in [0.3, 0.4) is 0 Å². The lowest BCUT2D eigenvalue weighted by atomic mass is 9.84. The van der Waals surface area contributed by atoms with Crippen LogP contribution in [-0.4, -0.2) is 26.4 Å². The maximum atomic E-state index is 5.61. The molecule has 1 rings (SSSR count). The lowest BCUT2D eigenvalue weighted by Gasteiger charge is -2.40. The average Bonchev–Trinajstić information content (AvgIpc) is 1.94. The fourth-order valence-corrected chi connectivity index (χ4v) is 1.29. The Morgan fingerprint density at radius 1 is 1.42 bits per heavy atom. The van der Waals surface area contributed by atoms with Crippen molar-refractivity contribution in [2.75, 3.05) is 26.4 Å². The first-order chi connectivity index (χ1) is 5.68. The molecule has 0 aromatic heterocycles. The van der Waals surface area contributed by atoms with Crippen molar-refractivity contribution in [3.63, 3.8) is 0 Å². The van der Waals surface area contributed by atoms with E-state index in [2.05, 4.69) is 20.8 Å². The van der Waals surface area contributed by atoms with Gasteiger partial charge in [-0.15, -0.1) is 0 Å². The van der Waals surface area contributed by atoms with Crippen molar-refractivity contribution in [1.82, 2.24) is 0 Å². The number of hydrogen-bond donors (Lipinski definition) is 0. The van der Waals surface area contributed by atoms with Gasteiger partial charge in [0, 0.05) is 12.0 Å². The zero-order valence-corrected chi connectivity index (χ0v) is 8.43. The summed E-state index contributed by atoms with van der Waals surface area (Å²) in [7, 11) is 0. The summed E-state index contributed by atoms with van der Waals surface area (Å²) in [6.45, 7) is 10.1. The second kappa shape index (κ2) is 4.24. The predicted molar refractivity (Wildman–Crippen MR) is 49.2 cm³/mol. The molecule has 0 spiro atoms. The Morgan fingerprint density at radius 3 is 2.42 bits per heavy atom. The van der Waals surface area contributed by atoms with Gasteiger partial charge in [0.15, 0.2) is 0 Å². The van der Waals surface area contributed by atoms with Crippen molar-refractivity contribution in [3.8, 4) is 0 Å². The van der Waals surface area contributed by atoms with E-state index in [4.69, 9.17) is 9.47 Å². The van der Waals surface area contributed by atoms with E-state index in [9.17, 15) is 0 Å². The fourth-order valence-electron chi connectivity index (χ4n) is 1.29. The van der Waals surface area contributed by atoms with E-state index in [-0.39, 0.29) is 0 Å². The standard InChI is InChI=1S/C10H20O2/c1-4-10(7-12-8-10)6-11-5-9(2)3/h9H,4-8H2,1-3H3. The highest BCUT2D eigenvalue weighted by Gasteiger charge is 2.36. The summed E-state index contributed by atoms with van der Waals surface area (Å²) in [4.78, 5) is 0. The summed E-state index contributed by atoms with van der Waals surface area (Å²) in [6.07, 6.45) is 1.17. The Kier molecular flexibility index (Phi) is 3.53. The number of hydrogen-bond acceptors (Lipinski definition) is 2. The van der Waals surface area contributed by atoms with Gasteiger partial charge in [0.1, 0.15) is 0 Å². The molecule has 1 aliphatic rings. The van der Waals surface area contributed by atoms with E-state index in [1.165, 1.54) is 6.42 Å². The maximum absolute atomic E-state index is 5.61. The molecule has 0 aromatic rings. The van der Waals surface area contributed by atoms with Crippen LogP contribution in [0.15, 0.2) is 0 Å². The molecule has 2 heteroatoms. The van der Waals surface area contributed by atoms with E-state index in [0.717, 1.165) is 26.4 Å². The lowest BCUT2D eigenvalue weighted by Crippen LogP contribution is -2.45. The highest BCUT2D eigenvalue weighted by Crippen LogP contribution is 2.31. The van der Waals surface area contributed by atoms with Gasteiger partial charge in [-0.3, -0.25) is 0 Å². The predicted octanol–water partition coefficient (Wildman–Crippen LogP) is 2.09. The summed E-state index contributed by atoms with van der Waals surface area (Å²) in [5, 5.41) is 0. The second-order valence-electron chi connectivity index (χ2n) is 4.26. The topological polar surface area (TPSA) is 18.5 Å². The molecule has 0 bridgehead atoms. The van der Waals surface area contributed by atoms with Crippen LogP contribution in [0.5, 0.6) is 0 Å². The number of rotatable bonds is 5. The summed E-state index contributed by atoms with van der Waals surface area (Å²) in [5.74, 6) is 0.639. The van der Waals surface area contributed by atoms with E-state index in [1.807, 2.05) is 0 Å². The van der Waals surface area contributed by atoms with Gasteiger partial charge in [0.25, 0.3) is 0 Å². The van der Waals surface area contributed by atoms with Crippen molar-refractivity contribution < 1.29 is 9.47 Å². The molecule has 0 aromatic carbocycles. The van der Waals surface area contributed by atoms with Crippen molar-refractivity contribution in [3.05, 3.63) is 0 Å². The molecule has 72 valence electrons. The van der Waals surface area contributed by atoms with Crippen LogP contribution in [0.4, 0.5) is 0 Å². The van der Waals surface area contributed by atoms with E-state index in [0.29, 0.717) is 11.3 Å². The highest BCUT2D eigenvalue weighted by molar-refractivity contribution is 4.83. The molecule has 1 aliphatic heterocycles. The second-order valence-corrected chi connectivity index (χ2v) is 4.26. The third-order valence-electron chi connectivity index (χ3n) is 2.43. The van der Waals surface area contributed by atoms with E-state index >= 15 is 0 Å². The molecule has 1 saturated heterocycles. The molecule has 0 unspecified atom stereocenters. The first kappa shape index (κ1) is 10.0. The average molecular weight is 172 g/mol. The number of ether oxygens (including phenoxy) is 2. The van der Waals surface area contributed by atoms with Crippen molar-refractivity contribution >= 4 is 0 Å². The maximum Gasteiger partial charge on any atom is 0.0566 e. The highest BCUT2D eigenvalue weighted by atomic mass is 16.5. The van der Waals surface area contributed by atoms with Crippen LogP contribution in [0.25, 0.3) is 0 Å². The van der Waals surface area contributed by atoms with Crippen molar-refractivity contribution in [2.24, 2.45) is 11.3 Å². The third-order valence-corrected chi connectivity index (χ3v) is 2.43. The minimum absolute atomic E-state index is 0.356. The summed E-state index contributed by atoms with van der Waals surface area (Å²) < 4.78 is 10.8. The molecule has 0 amide bonds. The summed E-state index contributed by atoms with van der Waals surface area (Å²) in [5.41, 5.74) is 0.356. The smallest absolute Gasteiger partial charge is 0.0566 e. The third kappa shape index (κ3) is 2.46. The van der Waals surface area contributed by atoms with E-state index in [1.54, 1.807) is 0 Å². The molecule has 0 atom stereocenters. The van der Waals surface area contributed by atoms with Gasteiger partial charge >= 0.3 is 0 Å². The molecule has 2 nitrogen and oxygen atoms in total. The molecule has 12 heavy (non-hydrogen) atoms. The van der Waals surface area contributed by atoms with Gasteiger partial charge in [0.2, 0.25) is 0 Å². The van der Waals surface area contributed by atoms with Crippen LogP contribution in [-0.2, 0) is 9.47 Å². The Bertz CT molecular complexity index is 122. The molecule has 1 heterocycles. The van der Waals surface area contributed by atoms with Crippen molar-refractivity contribution in [1.29, 1.82) is 0 Å².